The monoisotopic (exact) mass is 284 g/mol. The van der Waals surface area contributed by atoms with Gasteiger partial charge < -0.3 is 15.3 Å². The van der Waals surface area contributed by atoms with E-state index in [-0.39, 0.29) is 12.6 Å². The number of nitrogens with zero attached hydrogens (tertiary/aromatic N) is 1. The van der Waals surface area contributed by atoms with Gasteiger partial charge in [-0.05, 0) is 24.8 Å². The van der Waals surface area contributed by atoms with E-state index in [1.807, 2.05) is 24.4 Å². The smallest absolute Gasteiger partial charge is 0.317 e. The highest BCUT2D eigenvalue weighted by molar-refractivity contribution is 7.09. The maximum absolute atomic E-state index is 11.9. The Hall–Kier alpha value is -1.56. The predicted octanol–water partition coefficient (Wildman–Crippen LogP) is 2.04. The van der Waals surface area contributed by atoms with Crippen molar-refractivity contribution in [3.8, 4) is 0 Å². The minimum Gasteiger partial charge on any atom is -0.481 e. The van der Waals surface area contributed by atoms with Crippen LogP contribution >= 0.6 is 11.3 Å². The van der Waals surface area contributed by atoms with Crippen LogP contribution in [0.15, 0.2) is 17.5 Å². The van der Waals surface area contributed by atoms with E-state index in [2.05, 4.69) is 5.32 Å². The molecule has 1 aromatic heterocycles. The van der Waals surface area contributed by atoms with Crippen LogP contribution < -0.4 is 5.32 Å². The van der Waals surface area contributed by atoms with Gasteiger partial charge >= 0.3 is 12.0 Å². The van der Waals surface area contributed by atoms with E-state index in [4.69, 9.17) is 5.11 Å². The van der Waals surface area contributed by atoms with Gasteiger partial charge in [0.2, 0.25) is 0 Å². The minimum absolute atomic E-state index is 0.202. The third-order valence-corrected chi connectivity index (χ3v) is 3.75. The van der Waals surface area contributed by atoms with Crippen LogP contribution in [0.1, 0.15) is 18.7 Å². The van der Waals surface area contributed by atoms with E-state index in [1.54, 1.807) is 18.3 Å². The number of carboxylic acid groups (broad SMARTS) is 1. The molecule has 0 aliphatic rings. The molecule has 1 atom stereocenters. The number of carboxylic acids is 1. The number of urea groups is 1. The molecule has 2 N–H and O–H groups in total. The molecule has 0 aliphatic carbocycles. The molecule has 1 rings (SSSR count). The molecule has 0 bridgehead atoms. The summed E-state index contributed by atoms with van der Waals surface area (Å²) in [6, 6.07) is 3.81. The average molecular weight is 284 g/mol. The molecular weight excluding hydrogens is 264 g/mol. The highest BCUT2D eigenvalue weighted by Crippen LogP contribution is 2.08. The van der Waals surface area contributed by atoms with E-state index < -0.39 is 11.9 Å². The molecule has 1 aromatic rings. The molecule has 0 spiro atoms. The van der Waals surface area contributed by atoms with Gasteiger partial charge in [-0.3, -0.25) is 4.79 Å². The molecule has 6 heteroatoms. The first-order valence-electron chi connectivity index (χ1n) is 6.32. The van der Waals surface area contributed by atoms with Gasteiger partial charge in [0.1, 0.15) is 0 Å². The van der Waals surface area contributed by atoms with Gasteiger partial charge in [0.05, 0.1) is 5.92 Å². The number of aliphatic carboxylic acids is 1. The van der Waals surface area contributed by atoms with Crippen molar-refractivity contribution in [2.45, 2.75) is 20.3 Å². The number of rotatable bonds is 7. The number of thiophene rings is 1. The summed E-state index contributed by atoms with van der Waals surface area (Å²) in [5.74, 6) is -1.44. The van der Waals surface area contributed by atoms with E-state index >= 15 is 0 Å². The Balaban J connectivity index is 2.34. The van der Waals surface area contributed by atoms with Gasteiger partial charge in [0, 0.05) is 24.5 Å². The molecule has 0 aromatic carbocycles. The van der Waals surface area contributed by atoms with Gasteiger partial charge in [-0.15, -0.1) is 11.3 Å². The second-order valence-corrected chi connectivity index (χ2v) is 5.37. The third kappa shape index (κ3) is 5.30. The second-order valence-electron chi connectivity index (χ2n) is 4.34. The molecular formula is C13H20N2O3S. The highest BCUT2D eigenvalue weighted by atomic mass is 32.1. The SMILES string of the molecule is CCN(CC(C)C(=O)O)C(=O)NCCc1cccs1. The molecule has 2 amide bonds. The van der Waals surface area contributed by atoms with Gasteiger partial charge in [-0.2, -0.15) is 0 Å². The van der Waals surface area contributed by atoms with Crippen molar-refractivity contribution >= 4 is 23.3 Å². The van der Waals surface area contributed by atoms with E-state index in [0.717, 1.165) is 6.42 Å². The lowest BCUT2D eigenvalue weighted by Gasteiger charge is -2.23. The highest BCUT2D eigenvalue weighted by Gasteiger charge is 2.18. The standard InChI is InChI=1S/C13H20N2O3S/c1-3-15(9-10(2)12(16)17)13(18)14-7-6-11-5-4-8-19-11/h4-5,8,10H,3,6-7,9H2,1-2H3,(H,14,18)(H,16,17). The fourth-order valence-corrected chi connectivity index (χ4v) is 2.33. The lowest BCUT2D eigenvalue weighted by atomic mass is 10.2. The summed E-state index contributed by atoms with van der Waals surface area (Å²) < 4.78 is 0. The lowest BCUT2D eigenvalue weighted by molar-refractivity contribution is -0.141. The average Bonchev–Trinajstić information content (AvgIpc) is 2.88. The van der Waals surface area contributed by atoms with Crippen molar-refractivity contribution < 1.29 is 14.7 Å². The molecule has 19 heavy (non-hydrogen) atoms. The molecule has 0 saturated carbocycles. The topological polar surface area (TPSA) is 69.6 Å². The van der Waals surface area contributed by atoms with Crippen LogP contribution in [0.2, 0.25) is 0 Å². The first kappa shape index (κ1) is 15.5. The summed E-state index contributed by atoms with van der Waals surface area (Å²) in [6.07, 6.45) is 0.801. The Kier molecular flexibility index (Phi) is 6.35. The summed E-state index contributed by atoms with van der Waals surface area (Å²) in [6.45, 7) is 4.74. The molecule has 0 aliphatic heterocycles. The summed E-state index contributed by atoms with van der Waals surface area (Å²) in [7, 11) is 0. The van der Waals surface area contributed by atoms with Crippen LogP contribution in [-0.2, 0) is 11.2 Å². The minimum atomic E-state index is -0.884. The van der Waals surface area contributed by atoms with Crippen LogP contribution in [0.25, 0.3) is 0 Å². The first-order chi connectivity index (χ1) is 9.04. The number of amides is 2. The molecule has 0 saturated heterocycles. The predicted molar refractivity (Wildman–Crippen MR) is 75.5 cm³/mol. The van der Waals surface area contributed by atoms with Crippen molar-refractivity contribution in [1.82, 2.24) is 10.2 Å². The van der Waals surface area contributed by atoms with Crippen molar-refractivity contribution in [3.63, 3.8) is 0 Å². The Morgan fingerprint density at radius 1 is 1.53 bits per heavy atom. The Labute approximate surface area is 117 Å². The number of hydrogen-bond donors (Lipinski definition) is 2. The maximum Gasteiger partial charge on any atom is 0.317 e. The van der Waals surface area contributed by atoms with Gasteiger partial charge in [0.25, 0.3) is 0 Å². The van der Waals surface area contributed by atoms with Crippen LogP contribution in [0, 0.1) is 5.92 Å². The van der Waals surface area contributed by atoms with E-state index in [0.29, 0.717) is 13.1 Å². The van der Waals surface area contributed by atoms with Gasteiger partial charge in [0.15, 0.2) is 0 Å². The Morgan fingerprint density at radius 2 is 2.26 bits per heavy atom. The third-order valence-electron chi connectivity index (χ3n) is 2.81. The van der Waals surface area contributed by atoms with E-state index in [1.165, 1.54) is 9.78 Å². The zero-order chi connectivity index (χ0) is 14.3. The fraction of sp³-hybridized carbons (Fsp3) is 0.538. The largest absolute Gasteiger partial charge is 0.481 e. The number of carbonyl (C=O) groups excluding carboxylic acids is 1. The molecule has 5 nitrogen and oxygen atoms in total. The van der Waals surface area contributed by atoms with Gasteiger partial charge in [-0.1, -0.05) is 13.0 Å². The normalized spacial score (nSPS) is 11.9. The van der Waals surface area contributed by atoms with Crippen molar-refractivity contribution in [2.24, 2.45) is 5.92 Å². The quantitative estimate of drug-likeness (QED) is 0.805. The van der Waals surface area contributed by atoms with Crippen LogP contribution in [0.5, 0.6) is 0 Å². The van der Waals surface area contributed by atoms with Crippen LogP contribution in [-0.4, -0.2) is 41.6 Å². The van der Waals surface area contributed by atoms with Crippen molar-refractivity contribution in [2.75, 3.05) is 19.6 Å². The van der Waals surface area contributed by atoms with Crippen molar-refractivity contribution in [1.29, 1.82) is 0 Å². The van der Waals surface area contributed by atoms with Crippen molar-refractivity contribution in [3.05, 3.63) is 22.4 Å². The maximum atomic E-state index is 11.9. The second kappa shape index (κ2) is 7.78. The molecule has 0 radical (unpaired) electrons. The fourth-order valence-electron chi connectivity index (χ4n) is 1.62. The first-order valence-corrected chi connectivity index (χ1v) is 7.20. The van der Waals surface area contributed by atoms with E-state index in [9.17, 15) is 9.59 Å². The molecule has 0 fully saturated rings. The zero-order valence-electron chi connectivity index (χ0n) is 11.3. The number of hydrogen-bond acceptors (Lipinski definition) is 3. The summed E-state index contributed by atoms with van der Waals surface area (Å²) in [5, 5.41) is 13.7. The number of carbonyl (C=O) groups is 2. The van der Waals surface area contributed by atoms with Crippen LogP contribution in [0.3, 0.4) is 0 Å². The summed E-state index contributed by atoms with van der Waals surface area (Å²) >= 11 is 1.66. The molecule has 1 unspecified atom stereocenters. The summed E-state index contributed by atoms with van der Waals surface area (Å²) in [5.41, 5.74) is 0. The van der Waals surface area contributed by atoms with Crippen LogP contribution in [0.4, 0.5) is 4.79 Å². The zero-order valence-corrected chi connectivity index (χ0v) is 12.1. The molecule has 1 heterocycles. The lowest BCUT2D eigenvalue weighted by Crippen LogP contribution is -2.43. The molecule has 106 valence electrons. The Bertz CT molecular complexity index is 406. The van der Waals surface area contributed by atoms with Gasteiger partial charge in [-0.25, -0.2) is 4.79 Å². The summed E-state index contributed by atoms with van der Waals surface area (Å²) in [4.78, 5) is 25.4. The Morgan fingerprint density at radius 3 is 2.79 bits per heavy atom. The number of nitrogens with one attached hydrogen (secondary N) is 1.